The number of anilines is 1. The van der Waals surface area contributed by atoms with Crippen LogP contribution in [0.15, 0.2) is 109 Å². The van der Waals surface area contributed by atoms with E-state index in [4.69, 9.17) is 4.74 Å². The van der Waals surface area contributed by atoms with E-state index in [0.29, 0.717) is 17.9 Å². The van der Waals surface area contributed by atoms with Crippen molar-refractivity contribution in [2.45, 2.75) is 12.6 Å². The summed E-state index contributed by atoms with van der Waals surface area (Å²) in [5.74, 6) is 0.704. The zero-order valence-electron chi connectivity index (χ0n) is 17.9. The molecule has 0 fully saturated rings. The van der Waals surface area contributed by atoms with E-state index in [-0.39, 0.29) is 5.78 Å². The number of rotatable bonds is 8. The Hall–Kier alpha value is -4.38. The zero-order valence-corrected chi connectivity index (χ0v) is 17.9. The number of Topliss-reactive ketones (excluding diaryl/α,β-unsaturated/α-hetero) is 1. The van der Waals surface area contributed by atoms with Gasteiger partial charge in [-0.15, -0.1) is 0 Å². The van der Waals surface area contributed by atoms with Crippen molar-refractivity contribution in [3.05, 3.63) is 126 Å². The number of benzene rings is 3. The van der Waals surface area contributed by atoms with Crippen LogP contribution in [0.5, 0.6) is 5.75 Å². The first-order valence-corrected chi connectivity index (χ1v) is 10.8. The monoisotopic (exact) mass is 433 g/mol. The van der Waals surface area contributed by atoms with Crippen LogP contribution in [-0.4, -0.2) is 15.8 Å². The zero-order chi connectivity index (χ0) is 22.5. The number of aromatic nitrogens is 2. The van der Waals surface area contributed by atoms with Crippen molar-refractivity contribution in [3.63, 3.8) is 0 Å². The Morgan fingerprint density at radius 3 is 2.58 bits per heavy atom. The topological polar surface area (TPSA) is 67.0 Å². The van der Waals surface area contributed by atoms with Gasteiger partial charge in [0.2, 0.25) is 0 Å². The van der Waals surface area contributed by atoms with Gasteiger partial charge >= 0.3 is 0 Å². The molecule has 5 nitrogen and oxygen atoms in total. The third-order valence-electron chi connectivity index (χ3n) is 5.51. The van der Waals surface area contributed by atoms with Gasteiger partial charge in [0, 0.05) is 40.6 Å². The van der Waals surface area contributed by atoms with Crippen molar-refractivity contribution in [2.24, 2.45) is 0 Å². The maximum atomic E-state index is 13.7. The predicted molar refractivity (Wildman–Crippen MR) is 130 cm³/mol. The lowest BCUT2D eigenvalue weighted by atomic mass is 9.96. The SMILES string of the molecule is O=C(c1c[nH]c2ccccc12)C(Nc1cccc(OCc2ccccn2)c1)c1ccccc1. The molecule has 0 aliphatic heterocycles. The fourth-order valence-corrected chi connectivity index (χ4v) is 3.86. The molecular weight excluding hydrogens is 410 g/mol. The van der Waals surface area contributed by atoms with Gasteiger partial charge in [0.05, 0.1) is 5.69 Å². The first kappa shape index (κ1) is 20.5. The lowest BCUT2D eigenvalue weighted by Crippen LogP contribution is -2.21. The van der Waals surface area contributed by atoms with Crippen LogP contribution in [0.4, 0.5) is 5.69 Å². The average Bonchev–Trinajstić information content (AvgIpc) is 3.31. The van der Waals surface area contributed by atoms with Gasteiger partial charge in [-0.05, 0) is 35.9 Å². The van der Waals surface area contributed by atoms with Gasteiger partial charge in [-0.25, -0.2) is 0 Å². The molecule has 33 heavy (non-hydrogen) atoms. The maximum Gasteiger partial charge on any atom is 0.191 e. The number of ether oxygens (including phenoxy) is 1. The minimum atomic E-state index is -0.545. The minimum absolute atomic E-state index is 0.00143. The van der Waals surface area contributed by atoms with Crippen LogP contribution in [0.2, 0.25) is 0 Å². The van der Waals surface area contributed by atoms with E-state index >= 15 is 0 Å². The number of para-hydroxylation sites is 1. The molecule has 2 aromatic heterocycles. The number of carbonyl (C=O) groups excluding carboxylic acids is 1. The van der Waals surface area contributed by atoms with E-state index in [1.807, 2.05) is 97.1 Å². The number of pyridine rings is 1. The normalized spacial score (nSPS) is 11.8. The molecule has 0 aliphatic carbocycles. The van der Waals surface area contributed by atoms with Gasteiger partial charge < -0.3 is 15.0 Å². The van der Waals surface area contributed by atoms with E-state index in [1.165, 1.54) is 0 Å². The van der Waals surface area contributed by atoms with Crippen molar-refractivity contribution < 1.29 is 9.53 Å². The van der Waals surface area contributed by atoms with E-state index < -0.39 is 6.04 Å². The Labute approximate surface area is 192 Å². The second kappa shape index (κ2) is 9.40. The fourth-order valence-electron chi connectivity index (χ4n) is 3.86. The highest BCUT2D eigenvalue weighted by molar-refractivity contribution is 6.11. The largest absolute Gasteiger partial charge is 0.487 e. The molecule has 0 amide bonds. The van der Waals surface area contributed by atoms with Crippen LogP contribution >= 0.6 is 0 Å². The molecule has 0 spiro atoms. The summed E-state index contributed by atoms with van der Waals surface area (Å²) in [4.78, 5) is 21.2. The average molecular weight is 434 g/mol. The molecule has 2 N–H and O–H groups in total. The number of fused-ring (bicyclic) bond motifs is 1. The third kappa shape index (κ3) is 4.62. The standard InChI is InChI=1S/C28H23N3O2/c32-28(25-18-30-26-15-5-4-14-24(25)26)27(20-9-2-1-3-10-20)31-21-12-8-13-23(17-21)33-19-22-11-6-7-16-29-22/h1-18,27,30-31H,19H2. The number of H-pyrrole nitrogens is 1. The molecule has 162 valence electrons. The van der Waals surface area contributed by atoms with Crippen molar-refractivity contribution in [1.29, 1.82) is 0 Å². The lowest BCUT2D eigenvalue weighted by molar-refractivity contribution is 0.0971. The van der Waals surface area contributed by atoms with Gasteiger partial charge in [-0.3, -0.25) is 9.78 Å². The summed E-state index contributed by atoms with van der Waals surface area (Å²) >= 11 is 0. The van der Waals surface area contributed by atoms with E-state index in [0.717, 1.165) is 27.8 Å². The summed E-state index contributed by atoms with van der Waals surface area (Å²) in [7, 11) is 0. The quantitative estimate of drug-likeness (QED) is 0.287. The van der Waals surface area contributed by atoms with Crippen LogP contribution in [0.3, 0.4) is 0 Å². The third-order valence-corrected chi connectivity index (χ3v) is 5.51. The van der Waals surface area contributed by atoms with Crippen molar-refractivity contribution in [1.82, 2.24) is 9.97 Å². The molecule has 0 radical (unpaired) electrons. The fraction of sp³-hybridized carbons (Fsp3) is 0.0714. The summed E-state index contributed by atoms with van der Waals surface area (Å²) in [5.41, 5.74) is 4.16. The number of hydrogen-bond donors (Lipinski definition) is 2. The predicted octanol–water partition coefficient (Wildman–Crippen LogP) is 6.18. The molecule has 1 unspecified atom stereocenters. The highest BCUT2D eigenvalue weighted by atomic mass is 16.5. The molecule has 0 saturated heterocycles. The molecular formula is C28H23N3O2. The van der Waals surface area contributed by atoms with Gasteiger partial charge in [0.1, 0.15) is 18.4 Å². The molecule has 0 bridgehead atoms. The second-order valence-electron chi connectivity index (χ2n) is 7.74. The van der Waals surface area contributed by atoms with Crippen molar-refractivity contribution in [2.75, 3.05) is 5.32 Å². The van der Waals surface area contributed by atoms with Gasteiger partial charge in [0.15, 0.2) is 5.78 Å². The first-order chi connectivity index (χ1) is 16.3. The summed E-state index contributed by atoms with van der Waals surface area (Å²) in [6, 6.07) is 30.4. The summed E-state index contributed by atoms with van der Waals surface area (Å²) in [6.07, 6.45) is 3.54. The van der Waals surface area contributed by atoms with Crippen LogP contribution < -0.4 is 10.1 Å². The van der Waals surface area contributed by atoms with E-state index in [2.05, 4.69) is 15.3 Å². The number of hydrogen-bond acceptors (Lipinski definition) is 4. The summed E-state index contributed by atoms with van der Waals surface area (Å²) in [6.45, 7) is 0.376. The van der Waals surface area contributed by atoms with Gasteiger partial charge in [0.25, 0.3) is 0 Å². The van der Waals surface area contributed by atoms with Crippen molar-refractivity contribution >= 4 is 22.4 Å². The highest BCUT2D eigenvalue weighted by Gasteiger charge is 2.24. The Morgan fingerprint density at radius 2 is 1.73 bits per heavy atom. The molecule has 0 aliphatic rings. The van der Waals surface area contributed by atoms with Gasteiger partial charge in [-0.2, -0.15) is 0 Å². The summed E-state index contributed by atoms with van der Waals surface area (Å²) in [5, 5.41) is 4.34. The van der Waals surface area contributed by atoms with E-state index in [9.17, 15) is 4.79 Å². The smallest absolute Gasteiger partial charge is 0.191 e. The number of ketones is 1. The lowest BCUT2D eigenvalue weighted by Gasteiger charge is -2.20. The maximum absolute atomic E-state index is 13.7. The summed E-state index contributed by atoms with van der Waals surface area (Å²) < 4.78 is 5.92. The van der Waals surface area contributed by atoms with Crippen LogP contribution in [-0.2, 0) is 6.61 Å². The first-order valence-electron chi connectivity index (χ1n) is 10.8. The van der Waals surface area contributed by atoms with Gasteiger partial charge in [-0.1, -0.05) is 60.7 Å². The number of nitrogens with one attached hydrogen (secondary N) is 2. The molecule has 5 heteroatoms. The number of aromatic amines is 1. The second-order valence-corrected chi connectivity index (χ2v) is 7.74. The van der Waals surface area contributed by atoms with Crippen LogP contribution in [0.25, 0.3) is 10.9 Å². The molecule has 2 heterocycles. The number of carbonyl (C=O) groups is 1. The molecule has 1 atom stereocenters. The Bertz CT molecular complexity index is 1360. The molecule has 5 rings (SSSR count). The van der Waals surface area contributed by atoms with Crippen LogP contribution in [0.1, 0.15) is 27.7 Å². The Morgan fingerprint density at radius 1 is 0.909 bits per heavy atom. The van der Waals surface area contributed by atoms with Crippen LogP contribution in [0, 0.1) is 0 Å². The Kier molecular flexibility index (Phi) is 5.85. The Balaban J connectivity index is 1.42. The number of nitrogens with zero attached hydrogens (tertiary/aromatic N) is 1. The minimum Gasteiger partial charge on any atom is -0.487 e. The van der Waals surface area contributed by atoms with E-state index in [1.54, 1.807) is 12.4 Å². The van der Waals surface area contributed by atoms with Crippen molar-refractivity contribution in [3.8, 4) is 5.75 Å². The highest BCUT2D eigenvalue weighted by Crippen LogP contribution is 2.29. The molecule has 0 saturated carbocycles. The molecule has 5 aromatic rings. The molecule has 3 aromatic carbocycles.